The molecule has 16 heteroatoms. The number of hydrogen-bond donors (Lipinski definition) is 1. The number of benzene rings is 2. The molecule has 3 aromatic rings. The fraction of sp³-hybridized carbons (Fsp3) is 0.480. The molecule has 0 spiro atoms. The number of tetrazole rings is 1. The molecule has 0 amide bonds. The first-order chi connectivity index (χ1) is 19.0. The van der Waals surface area contributed by atoms with Crippen LogP contribution >= 0.6 is 0 Å². The molecule has 41 heavy (non-hydrogen) atoms. The summed E-state index contributed by atoms with van der Waals surface area (Å²) in [4.78, 5) is 4.03. The molecular weight excluding hydrogens is 571 g/mol. The van der Waals surface area contributed by atoms with E-state index in [1.807, 2.05) is 4.90 Å². The number of aliphatic hydroxyl groups excluding tert-OH is 1. The number of aliphatic hydroxyl groups is 1. The summed E-state index contributed by atoms with van der Waals surface area (Å²) in [6.45, 7) is 1.39. The molecule has 1 unspecified atom stereocenters. The zero-order chi connectivity index (χ0) is 30.3. The van der Waals surface area contributed by atoms with Gasteiger partial charge in [0.2, 0.25) is 0 Å². The van der Waals surface area contributed by atoms with Gasteiger partial charge in [0.05, 0.1) is 29.8 Å². The van der Waals surface area contributed by atoms with E-state index >= 15 is 0 Å². The fourth-order valence-corrected chi connectivity index (χ4v) is 4.80. The number of rotatable bonds is 8. The average Bonchev–Trinajstić information content (AvgIpc) is 3.28. The van der Waals surface area contributed by atoms with Crippen LogP contribution in [0.4, 0.5) is 45.5 Å². The van der Waals surface area contributed by atoms with Gasteiger partial charge in [0.25, 0.3) is 5.95 Å². The second kappa shape index (κ2) is 11.1. The van der Waals surface area contributed by atoms with Gasteiger partial charge in [-0.3, -0.25) is 4.90 Å². The number of nitrogens with zero attached hydrogens (tertiary/aromatic N) is 6. The highest BCUT2D eigenvalue weighted by Crippen LogP contribution is 2.39. The first kappa shape index (κ1) is 30.6. The Morgan fingerprint density at radius 2 is 1.46 bits per heavy atom. The van der Waals surface area contributed by atoms with E-state index < -0.39 is 66.0 Å². The Labute approximate surface area is 228 Å². The van der Waals surface area contributed by atoms with Gasteiger partial charge in [-0.15, -0.1) is 5.10 Å². The first-order valence-corrected chi connectivity index (χ1v) is 12.3. The van der Waals surface area contributed by atoms with Crippen molar-refractivity contribution in [1.29, 1.82) is 0 Å². The molecule has 7 nitrogen and oxygen atoms in total. The standard InChI is InChI=1S/C25H25F9N6O/c1-3-21(39-12-19(41)13-39)20-5-4-16(23(26,27)28)8-15(20)11-40(22-35-37-38(2)36-22)10-14-6-17(24(29,30)31)9-18(7-14)25(32,33)34/h4-9,19,21,41H,3,10-13H2,1-2H3. The highest BCUT2D eigenvalue weighted by atomic mass is 19.4. The molecule has 1 aliphatic rings. The van der Waals surface area contributed by atoms with Gasteiger partial charge in [-0.2, -0.15) is 44.3 Å². The molecule has 1 fully saturated rings. The number of alkyl halides is 9. The third-order valence-corrected chi connectivity index (χ3v) is 6.71. The molecule has 0 radical (unpaired) electrons. The third-order valence-electron chi connectivity index (χ3n) is 6.71. The molecular formula is C25H25F9N6O. The topological polar surface area (TPSA) is 70.3 Å². The van der Waals surface area contributed by atoms with Gasteiger partial charge in [-0.05, 0) is 58.7 Å². The Bertz CT molecular complexity index is 1330. The molecule has 1 N–H and O–H groups in total. The van der Waals surface area contributed by atoms with Crippen molar-refractivity contribution in [3.8, 4) is 0 Å². The van der Waals surface area contributed by atoms with Crippen molar-refractivity contribution >= 4 is 5.95 Å². The van der Waals surface area contributed by atoms with Crippen molar-refractivity contribution in [2.75, 3.05) is 18.0 Å². The van der Waals surface area contributed by atoms with E-state index in [2.05, 4.69) is 15.4 Å². The normalized spacial score (nSPS) is 16.1. The van der Waals surface area contributed by atoms with Crippen LogP contribution in [0.2, 0.25) is 0 Å². The van der Waals surface area contributed by atoms with Crippen molar-refractivity contribution in [1.82, 2.24) is 25.1 Å². The number of aryl methyl sites for hydroxylation is 1. The molecule has 4 rings (SSSR count). The van der Waals surface area contributed by atoms with Crippen LogP contribution in [0.15, 0.2) is 36.4 Å². The SMILES string of the molecule is CCC(c1ccc(C(F)(F)F)cc1CN(Cc1cc(C(F)(F)F)cc(C(F)(F)F)c1)c1nnn(C)n1)N1CC(O)C1. The van der Waals surface area contributed by atoms with Crippen LogP contribution in [0.5, 0.6) is 0 Å². The molecule has 0 saturated carbocycles. The molecule has 0 bridgehead atoms. The van der Waals surface area contributed by atoms with E-state index in [1.165, 1.54) is 18.0 Å². The predicted molar refractivity (Wildman–Crippen MR) is 127 cm³/mol. The van der Waals surface area contributed by atoms with Gasteiger partial charge in [-0.1, -0.05) is 18.1 Å². The average molecular weight is 596 g/mol. The predicted octanol–water partition coefficient (Wildman–Crippen LogP) is 5.60. The number of hydrogen-bond acceptors (Lipinski definition) is 6. The third kappa shape index (κ3) is 7.09. The number of anilines is 1. The Hall–Kier alpha value is -3.40. The van der Waals surface area contributed by atoms with E-state index in [9.17, 15) is 44.6 Å². The Balaban J connectivity index is 1.80. The lowest BCUT2D eigenvalue weighted by Gasteiger charge is -2.42. The monoisotopic (exact) mass is 596 g/mol. The number of likely N-dealkylation sites (tertiary alicyclic amines) is 1. The molecule has 1 atom stereocenters. The van der Waals surface area contributed by atoms with Crippen LogP contribution in [0, 0.1) is 0 Å². The molecule has 224 valence electrons. The Morgan fingerprint density at radius 3 is 1.93 bits per heavy atom. The molecule has 2 heterocycles. The van der Waals surface area contributed by atoms with E-state index in [1.54, 1.807) is 6.92 Å². The van der Waals surface area contributed by atoms with Crippen LogP contribution in [-0.2, 0) is 38.7 Å². The summed E-state index contributed by atoms with van der Waals surface area (Å²) in [5.74, 6) is -0.214. The lowest BCUT2D eigenvalue weighted by atomic mass is 9.92. The quantitative estimate of drug-likeness (QED) is 0.342. The van der Waals surface area contributed by atoms with Crippen LogP contribution in [0.1, 0.15) is 52.8 Å². The maximum absolute atomic E-state index is 13.7. The zero-order valence-corrected chi connectivity index (χ0v) is 21.7. The van der Waals surface area contributed by atoms with Crippen molar-refractivity contribution in [3.05, 3.63) is 69.8 Å². The Morgan fingerprint density at radius 1 is 0.878 bits per heavy atom. The molecule has 1 saturated heterocycles. The minimum atomic E-state index is -5.09. The summed E-state index contributed by atoms with van der Waals surface area (Å²) in [6, 6.07) is 3.77. The smallest absolute Gasteiger partial charge is 0.390 e. The summed E-state index contributed by atoms with van der Waals surface area (Å²) in [7, 11) is 1.37. The number of β-amino-alcohol motifs (C(OH)–C–C–N with tert-alkyl or cyclic N) is 1. The second-order valence-electron chi connectivity index (χ2n) is 9.79. The van der Waals surface area contributed by atoms with E-state index in [0.717, 1.165) is 16.9 Å². The van der Waals surface area contributed by atoms with Gasteiger partial charge >= 0.3 is 18.5 Å². The Kier molecular flexibility index (Phi) is 8.28. The summed E-state index contributed by atoms with van der Waals surface area (Å²) < 4.78 is 122. The van der Waals surface area contributed by atoms with Crippen LogP contribution in [0.3, 0.4) is 0 Å². The van der Waals surface area contributed by atoms with Crippen molar-refractivity contribution in [2.45, 2.75) is 57.1 Å². The fourth-order valence-electron chi connectivity index (χ4n) is 4.80. The molecule has 1 aliphatic heterocycles. The summed E-state index contributed by atoms with van der Waals surface area (Å²) in [6.07, 6.45) is -15.0. The van der Waals surface area contributed by atoms with E-state index in [-0.39, 0.29) is 17.6 Å². The maximum atomic E-state index is 13.7. The lowest BCUT2D eigenvalue weighted by molar-refractivity contribution is -0.143. The van der Waals surface area contributed by atoms with Crippen molar-refractivity contribution < 1.29 is 44.6 Å². The summed E-state index contributed by atoms with van der Waals surface area (Å²) in [5.41, 5.74) is -3.89. The summed E-state index contributed by atoms with van der Waals surface area (Å²) in [5, 5.41) is 21.2. The van der Waals surface area contributed by atoms with Crippen molar-refractivity contribution in [3.63, 3.8) is 0 Å². The van der Waals surface area contributed by atoms with Gasteiger partial charge in [0.15, 0.2) is 0 Å². The highest BCUT2D eigenvalue weighted by molar-refractivity contribution is 5.42. The minimum Gasteiger partial charge on any atom is -0.390 e. The van der Waals surface area contributed by atoms with Crippen molar-refractivity contribution in [2.24, 2.45) is 7.05 Å². The second-order valence-corrected chi connectivity index (χ2v) is 9.79. The van der Waals surface area contributed by atoms with Gasteiger partial charge in [0, 0.05) is 32.2 Å². The first-order valence-electron chi connectivity index (χ1n) is 12.3. The molecule has 0 aliphatic carbocycles. The lowest BCUT2D eigenvalue weighted by Crippen LogP contribution is -2.52. The van der Waals surface area contributed by atoms with Gasteiger partial charge < -0.3 is 10.0 Å². The molecule has 2 aromatic carbocycles. The zero-order valence-electron chi connectivity index (χ0n) is 21.7. The van der Waals surface area contributed by atoms with Crippen LogP contribution in [-0.4, -0.2) is 49.4 Å². The van der Waals surface area contributed by atoms with Gasteiger partial charge in [-0.25, -0.2) is 0 Å². The minimum absolute atomic E-state index is 0.00729. The molecule has 1 aromatic heterocycles. The van der Waals surface area contributed by atoms with Crippen LogP contribution in [0.25, 0.3) is 0 Å². The largest absolute Gasteiger partial charge is 0.416 e. The maximum Gasteiger partial charge on any atom is 0.416 e. The van der Waals surface area contributed by atoms with E-state index in [4.69, 9.17) is 0 Å². The van der Waals surface area contributed by atoms with E-state index in [0.29, 0.717) is 37.2 Å². The van der Waals surface area contributed by atoms with Crippen LogP contribution < -0.4 is 4.90 Å². The summed E-state index contributed by atoms with van der Waals surface area (Å²) >= 11 is 0. The number of halogens is 9. The van der Waals surface area contributed by atoms with Gasteiger partial charge in [0.1, 0.15) is 0 Å². The highest BCUT2D eigenvalue weighted by Gasteiger charge is 2.38. The number of aromatic nitrogens is 4.